The number of halogens is 6. The number of carboxylic acid groups (broad SMARTS) is 2. The van der Waals surface area contributed by atoms with E-state index in [1.165, 1.54) is 0 Å². The van der Waals surface area contributed by atoms with Crippen molar-refractivity contribution >= 4 is 23.4 Å². The minimum atomic E-state index is -5.08. The van der Waals surface area contributed by atoms with Crippen LogP contribution >= 0.6 is 0 Å². The second-order valence-corrected chi connectivity index (χ2v) is 4.92. The first kappa shape index (κ1) is 24.9. The molecular formula is C15H14F6N2O5. The van der Waals surface area contributed by atoms with E-state index in [2.05, 4.69) is 5.32 Å². The van der Waals surface area contributed by atoms with Gasteiger partial charge >= 0.3 is 24.3 Å². The van der Waals surface area contributed by atoms with E-state index in [4.69, 9.17) is 25.5 Å². The van der Waals surface area contributed by atoms with Crippen LogP contribution in [0.3, 0.4) is 0 Å². The average Bonchev–Trinajstić information content (AvgIpc) is 3.05. The van der Waals surface area contributed by atoms with Gasteiger partial charge in [-0.15, -0.1) is 0 Å². The molecule has 1 unspecified atom stereocenters. The number of benzene rings is 1. The lowest BCUT2D eigenvalue weighted by Gasteiger charge is -2.00. The van der Waals surface area contributed by atoms with E-state index in [1.54, 1.807) is 0 Å². The van der Waals surface area contributed by atoms with Crippen molar-refractivity contribution in [2.45, 2.75) is 18.4 Å². The first-order valence-electron chi connectivity index (χ1n) is 7.05. The van der Waals surface area contributed by atoms with Crippen molar-refractivity contribution in [2.75, 3.05) is 6.54 Å². The van der Waals surface area contributed by atoms with E-state index in [9.17, 15) is 31.1 Å². The normalized spacial score (nSPS) is 15.9. The van der Waals surface area contributed by atoms with E-state index in [0.717, 1.165) is 11.1 Å². The lowest BCUT2D eigenvalue weighted by Crippen LogP contribution is -2.36. The van der Waals surface area contributed by atoms with Gasteiger partial charge in [0, 0.05) is 6.54 Å². The Morgan fingerprint density at radius 2 is 1.32 bits per heavy atom. The number of nitrogens with two attached hydrogens (primary N) is 1. The van der Waals surface area contributed by atoms with Crippen LogP contribution in [0.25, 0.3) is 5.57 Å². The van der Waals surface area contributed by atoms with Crippen molar-refractivity contribution in [3.05, 3.63) is 42.0 Å². The zero-order valence-corrected chi connectivity index (χ0v) is 13.7. The van der Waals surface area contributed by atoms with Crippen LogP contribution in [0, 0.1) is 0 Å². The number of rotatable bonds is 2. The summed E-state index contributed by atoms with van der Waals surface area (Å²) in [6.07, 6.45) is -8.28. The van der Waals surface area contributed by atoms with Gasteiger partial charge in [-0.2, -0.15) is 26.3 Å². The van der Waals surface area contributed by atoms with Crippen LogP contribution in [0.1, 0.15) is 5.56 Å². The van der Waals surface area contributed by atoms with Gasteiger partial charge in [0.1, 0.15) is 6.04 Å². The number of amides is 1. The lowest BCUT2D eigenvalue weighted by molar-refractivity contribution is -0.193. The average molecular weight is 416 g/mol. The van der Waals surface area contributed by atoms with E-state index in [-0.39, 0.29) is 11.9 Å². The van der Waals surface area contributed by atoms with Crippen LogP contribution in [0.15, 0.2) is 36.4 Å². The maximum Gasteiger partial charge on any atom is 0.490 e. The first-order valence-corrected chi connectivity index (χ1v) is 7.05. The monoisotopic (exact) mass is 416 g/mol. The summed E-state index contributed by atoms with van der Waals surface area (Å²) in [6.45, 7) is 0.706. The lowest BCUT2D eigenvalue weighted by atomic mass is 10.1. The molecule has 0 radical (unpaired) electrons. The van der Waals surface area contributed by atoms with Gasteiger partial charge in [-0.3, -0.25) is 10.1 Å². The number of carbonyl (C=O) groups is 3. The van der Waals surface area contributed by atoms with Gasteiger partial charge in [0.15, 0.2) is 0 Å². The molecule has 0 fully saturated rings. The summed E-state index contributed by atoms with van der Waals surface area (Å²) >= 11 is 0. The van der Waals surface area contributed by atoms with Gasteiger partial charge in [0.2, 0.25) is 5.91 Å². The quantitative estimate of drug-likeness (QED) is 0.544. The highest BCUT2D eigenvalue weighted by molar-refractivity contribution is 5.87. The maximum absolute atomic E-state index is 10.9. The topological polar surface area (TPSA) is 130 Å². The van der Waals surface area contributed by atoms with Crippen molar-refractivity contribution in [1.29, 1.82) is 0 Å². The predicted octanol–water partition coefficient (Wildman–Crippen LogP) is 1.79. The SMILES string of the molecule is NC(=O)C1C=C(c2ccccc2)CN1.O=C(O)C(F)(F)F.O=C(O)C(F)(F)F. The molecule has 2 rings (SSSR count). The van der Waals surface area contributed by atoms with Crippen LogP contribution in [-0.4, -0.2) is 53.0 Å². The van der Waals surface area contributed by atoms with Gasteiger partial charge in [-0.05, 0) is 11.1 Å². The Bertz CT molecular complexity index is 692. The zero-order valence-electron chi connectivity index (χ0n) is 13.7. The van der Waals surface area contributed by atoms with E-state index in [0.29, 0.717) is 6.54 Å². The fourth-order valence-electron chi connectivity index (χ4n) is 1.57. The molecule has 1 aromatic carbocycles. The fourth-order valence-corrected chi connectivity index (χ4v) is 1.57. The summed E-state index contributed by atoms with van der Waals surface area (Å²) in [5.74, 6) is -5.84. The number of nitrogens with one attached hydrogen (secondary N) is 1. The highest BCUT2D eigenvalue weighted by atomic mass is 19.4. The highest BCUT2D eigenvalue weighted by Crippen LogP contribution is 2.18. The van der Waals surface area contributed by atoms with Gasteiger partial charge in [-0.1, -0.05) is 36.4 Å². The number of aliphatic carboxylic acids is 2. The summed E-state index contributed by atoms with van der Waals surface area (Å²) in [4.78, 5) is 28.7. The van der Waals surface area contributed by atoms with Crippen LogP contribution in [0.4, 0.5) is 26.3 Å². The highest BCUT2D eigenvalue weighted by Gasteiger charge is 2.38. The molecule has 1 amide bonds. The predicted molar refractivity (Wildman–Crippen MR) is 82.8 cm³/mol. The third-order valence-corrected chi connectivity index (χ3v) is 2.82. The van der Waals surface area contributed by atoms with Crippen LogP contribution in [0.5, 0.6) is 0 Å². The molecule has 0 aliphatic carbocycles. The Hall–Kier alpha value is -3.09. The molecule has 5 N–H and O–H groups in total. The zero-order chi connectivity index (χ0) is 22.1. The molecule has 28 heavy (non-hydrogen) atoms. The van der Waals surface area contributed by atoms with Gasteiger partial charge in [0.05, 0.1) is 0 Å². The second-order valence-electron chi connectivity index (χ2n) is 4.92. The van der Waals surface area contributed by atoms with Gasteiger partial charge < -0.3 is 15.9 Å². The first-order chi connectivity index (χ1) is 12.7. The molecule has 1 aliphatic rings. The Morgan fingerprint density at radius 3 is 1.61 bits per heavy atom. The second kappa shape index (κ2) is 10.3. The molecule has 13 heteroatoms. The Balaban J connectivity index is 0.000000444. The van der Waals surface area contributed by atoms with Crippen molar-refractivity contribution in [2.24, 2.45) is 5.73 Å². The smallest absolute Gasteiger partial charge is 0.475 e. The maximum atomic E-state index is 10.9. The number of alkyl halides is 6. The Morgan fingerprint density at radius 1 is 0.929 bits per heavy atom. The van der Waals surface area contributed by atoms with Crippen LogP contribution in [-0.2, 0) is 14.4 Å². The number of primary amides is 1. The molecule has 1 aliphatic heterocycles. The van der Waals surface area contributed by atoms with Crippen molar-refractivity contribution < 1.29 is 50.9 Å². The minimum absolute atomic E-state index is 0.315. The van der Waals surface area contributed by atoms with Crippen molar-refractivity contribution in [3.63, 3.8) is 0 Å². The van der Waals surface area contributed by atoms with Crippen molar-refractivity contribution in [3.8, 4) is 0 Å². The number of carboxylic acids is 2. The van der Waals surface area contributed by atoms with Gasteiger partial charge in [0.25, 0.3) is 0 Å². The third kappa shape index (κ3) is 9.56. The number of hydrogen-bond acceptors (Lipinski definition) is 4. The third-order valence-electron chi connectivity index (χ3n) is 2.82. The molecule has 7 nitrogen and oxygen atoms in total. The molecule has 1 heterocycles. The summed E-state index contributed by atoms with van der Waals surface area (Å²) < 4.78 is 63.5. The Labute approximate surface area is 153 Å². The van der Waals surface area contributed by atoms with E-state index in [1.807, 2.05) is 36.4 Å². The molecule has 0 saturated carbocycles. The van der Waals surface area contributed by atoms with Gasteiger partial charge in [-0.25, -0.2) is 9.59 Å². The molecular weight excluding hydrogens is 402 g/mol. The molecule has 156 valence electrons. The van der Waals surface area contributed by atoms with Crippen LogP contribution < -0.4 is 11.1 Å². The minimum Gasteiger partial charge on any atom is -0.475 e. The van der Waals surface area contributed by atoms with Crippen LogP contribution in [0.2, 0.25) is 0 Å². The number of carbonyl (C=O) groups excluding carboxylic acids is 1. The number of hydrogen-bond donors (Lipinski definition) is 4. The van der Waals surface area contributed by atoms with Crippen molar-refractivity contribution in [1.82, 2.24) is 5.32 Å². The molecule has 1 atom stereocenters. The summed E-state index contributed by atoms with van der Waals surface area (Å²) in [6, 6.07) is 9.66. The molecule has 0 aromatic heterocycles. The van der Waals surface area contributed by atoms with E-state index < -0.39 is 24.3 Å². The molecule has 0 saturated heterocycles. The largest absolute Gasteiger partial charge is 0.490 e. The Kier molecular flexibility index (Phi) is 9.16. The molecule has 0 bridgehead atoms. The molecule has 1 aromatic rings. The summed E-state index contributed by atoms with van der Waals surface area (Å²) in [7, 11) is 0. The molecule has 0 spiro atoms. The van der Waals surface area contributed by atoms with E-state index >= 15 is 0 Å². The standard InChI is InChI=1S/C11H12N2O.2C2HF3O2/c12-11(14)10-6-9(7-13-10)8-4-2-1-3-5-8;2*3-2(4,5)1(6)7/h1-6,10,13H,7H2,(H2,12,14);2*(H,6,7). The fraction of sp³-hybridized carbons (Fsp3) is 0.267. The summed E-state index contributed by atoms with van der Waals surface area (Å²) in [5, 5.41) is 17.3. The summed E-state index contributed by atoms with van der Waals surface area (Å²) in [5.41, 5.74) is 7.47.